The fourth-order valence-electron chi connectivity index (χ4n) is 2.76. The fourth-order valence-corrected chi connectivity index (χ4v) is 2.76. The van der Waals surface area contributed by atoms with E-state index in [4.69, 9.17) is 0 Å². The minimum absolute atomic E-state index is 0. The Bertz CT molecular complexity index is 537. The Morgan fingerprint density at radius 1 is 1.04 bits per heavy atom. The van der Waals surface area contributed by atoms with Crippen LogP contribution in [-0.4, -0.2) is 30.9 Å². The number of carbonyl (C=O) groups is 2. The quantitative estimate of drug-likeness (QED) is 0.772. The fraction of sp³-hybridized carbons (Fsp3) is 0.529. The van der Waals surface area contributed by atoms with Crippen LogP contribution in [0.15, 0.2) is 24.3 Å². The van der Waals surface area contributed by atoms with Crippen LogP contribution in [0.25, 0.3) is 0 Å². The molecule has 3 N–H and O–H groups in total. The second-order valence-corrected chi connectivity index (χ2v) is 6.27. The molecule has 2 aliphatic rings. The Hall–Kier alpha value is -1.59. The number of hydrogen-bond donors (Lipinski definition) is 3. The molecule has 0 spiro atoms. The van der Waals surface area contributed by atoms with Gasteiger partial charge in [-0.2, -0.15) is 0 Å². The molecule has 0 atom stereocenters. The van der Waals surface area contributed by atoms with E-state index < -0.39 is 0 Å². The Labute approximate surface area is 143 Å². The third-order valence-corrected chi connectivity index (χ3v) is 4.28. The first-order valence-corrected chi connectivity index (χ1v) is 8.12. The molecule has 1 aromatic carbocycles. The van der Waals surface area contributed by atoms with Gasteiger partial charge < -0.3 is 16.0 Å². The molecular weight excluding hydrogens is 314 g/mol. The van der Waals surface area contributed by atoms with Crippen molar-refractivity contribution in [2.24, 2.45) is 5.92 Å². The number of halogens is 1. The maximum Gasteiger partial charge on any atom is 0.251 e. The van der Waals surface area contributed by atoms with Crippen LogP contribution in [0.3, 0.4) is 0 Å². The molecule has 1 aliphatic heterocycles. The lowest BCUT2D eigenvalue weighted by Gasteiger charge is -2.21. The van der Waals surface area contributed by atoms with Crippen LogP contribution in [-0.2, 0) is 4.79 Å². The molecule has 2 fully saturated rings. The Balaban J connectivity index is 0.00000192. The number of amides is 2. The number of hydrogen-bond acceptors (Lipinski definition) is 3. The van der Waals surface area contributed by atoms with Crippen molar-refractivity contribution in [2.45, 2.75) is 38.1 Å². The maximum absolute atomic E-state index is 12.0. The van der Waals surface area contributed by atoms with Gasteiger partial charge in [0, 0.05) is 23.7 Å². The average molecular weight is 338 g/mol. The van der Waals surface area contributed by atoms with E-state index >= 15 is 0 Å². The van der Waals surface area contributed by atoms with Crippen LogP contribution in [0.4, 0.5) is 5.69 Å². The number of rotatable bonds is 5. The lowest BCUT2D eigenvalue weighted by molar-refractivity contribution is -0.117. The molecule has 0 bridgehead atoms. The lowest BCUT2D eigenvalue weighted by atomic mass is 9.94. The van der Waals surface area contributed by atoms with Crippen LogP contribution in [0.2, 0.25) is 0 Å². The number of piperidine rings is 1. The molecule has 6 heteroatoms. The van der Waals surface area contributed by atoms with E-state index in [1.165, 1.54) is 0 Å². The molecule has 0 unspecified atom stereocenters. The first kappa shape index (κ1) is 17.8. The normalized spacial score (nSPS) is 17.9. The summed E-state index contributed by atoms with van der Waals surface area (Å²) in [6.45, 7) is 2.01. The van der Waals surface area contributed by atoms with Crippen molar-refractivity contribution >= 4 is 29.9 Å². The minimum Gasteiger partial charge on any atom is -0.349 e. The molecule has 3 rings (SSSR count). The van der Waals surface area contributed by atoms with Gasteiger partial charge in [0.2, 0.25) is 5.91 Å². The second-order valence-electron chi connectivity index (χ2n) is 6.27. The Morgan fingerprint density at radius 3 is 2.30 bits per heavy atom. The van der Waals surface area contributed by atoms with E-state index in [9.17, 15) is 9.59 Å². The number of anilines is 1. The van der Waals surface area contributed by atoms with E-state index in [-0.39, 0.29) is 24.2 Å². The summed E-state index contributed by atoms with van der Waals surface area (Å²) in [6.07, 6.45) is 4.86. The summed E-state index contributed by atoms with van der Waals surface area (Å²) < 4.78 is 0. The van der Waals surface area contributed by atoms with Gasteiger partial charge in [0.05, 0.1) is 0 Å². The summed E-state index contributed by atoms with van der Waals surface area (Å²) in [5, 5.41) is 9.17. The van der Waals surface area contributed by atoms with Crippen LogP contribution < -0.4 is 16.0 Å². The van der Waals surface area contributed by atoms with E-state index in [0.29, 0.717) is 23.9 Å². The zero-order valence-electron chi connectivity index (χ0n) is 13.1. The molecule has 2 amide bonds. The Kier molecular flexibility index (Phi) is 6.42. The van der Waals surface area contributed by atoms with Crippen molar-refractivity contribution < 1.29 is 9.59 Å². The zero-order valence-corrected chi connectivity index (χ0v) is 14.0. The molecular formula is C17H24ClN3O2. The van der Waals surface area contributed by atoms with Crippen molar-refractivity contribution in [3.8, 4) is 0 Å². The standard InChI is InChI=1S/C17H23N3O2.ClH/c21-16(11-12-7-9-18-10-8-12)19-14-3-1-13(2-4-14)17(22)20-15-5-6-15;/h1-4,12,15,18H,5-11H2,(H,19,21)(H,20,22);1H. The van der Waals surface area contributed by atoms with Gasteiger partial charge in [-0.1, -0.05) is 0 Å². The highest BCUT2D eigenvalue weighted by Crippen LogP contribution is 2.20. The predicted molar refractivity (Wildman–Crippen MR) is 93.0 cm³/mol. The van der Waals surface area contributed by atoms with E-state index in [2.05, 4.69) is 16.0 Å². The molecule has 0 aromatic heterocycles. The largest absolute Gasteiger partial charge is 0.349 e. The summed E-state index contributed by atoms with van der Waals surface area (Å²) in [6, 6.07) is 7.47. The molecule has 5 nitrogen and oxygen atoms in total. The average Bonchev–Trinajstić information content (AvgIpc) is 3.33. The smallest absolute Gasteiger partial charge is 0.251 e. The summed E-state index contributed by atoms with van der Waals surface area (Å²) in [4.78, 5) is 23.9. The van der Waals surface area contributed by atoms with Crippen molar-refractivity contribution in [1.82, 2.24) is 10.6 Å². The van der Waals surface area contributed by atoms with Gasteiger partial charge in [-0.15, -0.1) is 12.4 Å². The van der Waals surface area contributed by atoms with Crippen molar-refractivity contribution in [3.63, 3.8) is 0 Å². The lowest BCUT2D eigenvalue weighted by Crippen LogP contribution is -2.30. The van der Waals surface area contributed by atoms with Gasteiger partial charge in [-0.05, 0) is 69.0 Å². The van der Waals surface area contributed by atoms with Crippen LogP contribution in [0.5, 0.6) is 0 Å². The third-order valence-electron chi connectivity index (χ3n) is 4.28. The SMILES string of the molecule is Cl.O=C(CC1CCNCC1)Nc1ccc(C(=O)NC2CC2)cc1. The van der Waals surface area contributed by atoms with Gasteiger partial charge in [-0.25, -0.2) is 0 Å². The van der Waals surface area contributed by atoms with Gasteiger partial charge in [0.15, 0.2) is 0 Å². The molecule has 1 aliphatic carbocycles. The highest BCUT2D eigenvalue weighted by Gasteiger charge is 2.23. The van der Waals surface area contributed by atoms with Crippen LogP contribution in [0.1, 0.15) is 42.5 Å². The highest BCUT2D eigenvalue weighted by molar-refractivity contribution is 5.96. The van der Waals surface area contributed by atoms with Crippen molar-refractivity contribution in [2.75, 3.05) is 18.4 Å². The van der Waals surface area contributed by atoms with E-state index in [0.717, 1.165) is 44.5 Å². The van der Waals surface area contributed by atoms with Gasteiger partial charge in [0.1, 0.15) is 0 Å². The number of nitrogens with one attached hydrogen (secondary N) is 3. The third kappa shape index (κ3) is 5.52. The number of carbonyl (C=O) groups excluding carboxylic acids is 2. The monoisotopic (exact) mass is 337 g/mol. The molecule has 1 heterocycles. The summed E-state index contributed by atoms with van der Waals surface area (Å²) in [5.74, 6) is 0.502. The second kappa shape index (κ2) is 8.31. The predicted octanol–water partition coefficient (Wildman–Crippen LogP) is 2.33. The van der Waals surface area contributed by atoms with E-state index in [1.807, 2.05) is 0 Å². The van der Waals surface area contributed by atoms with Crippen molar-refractivity contribution in [3.05, 3.63) is 29.8 Å². The maximum atomic E-state index is 12.0. The summed E-state index contributed by atoms with van der Waals surface area (Å²) >= 11 is 0. The zero-order chi connectivity index (χ0) is 15.4. The minimum atomic E-state index is -0.0323. The summed E-state index contributed by atoms with van der Waals surface area (Å²) in [7, 11) is 0. The van der Waals surface area contributed by atoms with E-state index in [1.54, 1.807) is 24.3 Å². The first-order chi connectivity index (χ1) is 10.7. The molecule has 126 valence electrons. The molecule has 1 saturated heterocycles. The molecule has 23 heavy (non-hydrogen) atoms. The molecule has 0 radical (unpaired) electrons. The van der Waals surface area contributed by atoms with Crippen LogP contribution in [0, 0.1) is 5.92 Å². The van der Waals surface area contributed by atoms with Gasteiger partial charge >= 0.3 is 0 Å². The first-order valence-electron chi connectivity index (χ1n) is 8.12. The highest BCUT2D eigenvalue weighted by atomic mass is 35.5. The number of benzene rings is 1. The van der Waals surface area contributed by atoms with Crippen molar-refractivity contribution in [1.29, 1.82) is 0 Å². The molecule has 1 saturated carbocycles. The molecule has 1 aromatic rings. The van der Waals surface area contributed by atoms with Crippen LogP contribution >= 0.6 is 12.4 Å². The van der Waals surface area contributed by atoms with Gasteiger partial charge in [0.25, 0.3) is 5.91 Å². The topological polar surface area (TPSA) is 70.2 Å². The summed E-state index contributed by atoms with van der Waals surface area (Å²) in [5.41, 5.74) is 1.39. The Morgan fingerprint density at radius 2 is 1.70 bits per heavy atom. The van der Waals surface area contributed by atoms with Gasteiger partial charge in [-0.3, -0.25) is 9.59 Å².